The van der Waals surface area contributed by atoms with Crippen LogP contribution in [0.4, 0.5) is 0 Å². The van der Waals surface area contributed by atoms with E-state index in [1.54, 1.807) is 0 Å². The Morgan fingerprint density at radius 3 is 2.04 bits per heavy atom. The Hall–Kier alpha value is -0.570. The predicted molar refractivity (Wildman–Crippen MR) is 109 cm³/mol. The highest BCUT2D eigenvalue weighted by atomic mass is 16.2. The lowest BCUT2D eigenvalue weighted by Crippen LogP contribution is -2.54. The zero-order valence-electron chi connectivity index (χ0n) is 17.9. The molecule has 27 heavy (non-hydrogen) atoms. The van der Waals surface area contributed by atoms with Gasteiger partial charge in [0.25, 0.3) is 0 Å². The number of piperidine rings is 1. The van der Waals surface area contributed by atoms with Gasteiger partial charge in [0.05, 0.1) is 0 Å². The van der Waals surface area contributed by atoms with Gasteiger partial charge in [0.1, 0.15) is 0 Å². The standard InChI is InChI=1S/C24H40N2O/c1-22(2,3)4-7-26-8-5-23(6-9-26)16-20(23)25-21(27)24-13-17-10-18(14-24)12-19(11-17)15-24/h17-20H,4-16H2,1-3H3,(H,25,27). The molecule has 6 aliphatic rings. The number of amides is 1. The van der Waals surface area contributed by atoms with E-state index in [9.17, 15) is 4.79 Å². The number of nitrogens with zero attached hydrogens (tertiary/aromatic N) is 1. The molecule has 6 fully saturated rings. The average Bonchev–Trinajstić information content (AvgIpc) is 3.24. The first-order chi connectivity index (χ1) is 12.8. The smallest absolute Gasteiger partial charge is 0.226 e. The molecular weight excluding hydrogens is 332 g/mol. The largest absolute Gasteiger partial charge is 0.352 e. The topological polar surface area (TPSA) is 32.3 Å². The summed E-state index contributed by atoms with van der Waals surface area (Å²) in [7, 11) is 0. The first kappa shape index (κ1) is 18.5. The van der Waals surface area contributed by atoms with E-state index in [-0.39, 0.29) is 5.41 Å². The van der Waals surface area contributed by atoms with Crippen molar-refractivity contribution in [2.45, 2.75) is 91.0 Å². The van der Waals surface area contributed by atoms with Crippen LogP contribution in [0.1, 0.15) is 85.0 Å². The molecule has 0 aromatic carbocycles. The summed E-state index contributed by atoms with van der Waals surface area (Å²) >= 11 is 0. The van der Waals surface area contributed by atoms with Crippen LogP contribution in [0, 0.1) is 34.0 Å². The fraction of sp³-hybridized carbons (Fsp3) is 0.958. The molecular formula is C24H40N2O. The molecule has 1 saturated heterocycles. The Bertz CT molecular complexity index is 561. The summed E-state index contributed by atoms with van der Waals surface area (Å²) in [6, 6.07) is 0.489. The van der Waals surface area contributed by atoms with Crippen molar-refractivity contribution in [3.8, 4) is 0 Å². The molecule has 1 heterocycles. The number of likely N-dealkylation sites (tertiary alicyclic amines) is 1. The summed E-state index contributed by atoms with van der Waals surface area (Å²) in [5.74, 6) is 3.04. The van der Waals surface area contributed by atoms with Crippen LogP contribution in [0.25, 0.3) is 0 Å². The van der Waals surface area contributed by atoms with Crippen molar-refractivity contribution in [1.29, 1.82) is 0 Å². The summed E-state index contributed by atoms with van der Waals surface area (Å²) < 4.78 is 0. The van der Waals surface area contributed by atoms with E-state index in [2.05, 4.69) is 31.0 Å². The number of hydrogen-bond acceptors (Lipinski definition) is 2. The number of rotatable bonds is 4. The Morgan fingerprint density at radius 1 is 0.963 bits per heavy atom. The van der Waals surface area contributed by atoms with Gasteiger partial charge >= 0.3 is 0 Å². The normalized spacial score (nSPS) is 42.5. The fourth-order valence-corrected chi connectivity index (χ4v) is 7.52. The maximum atomic E-state index is 13.3. The van der Waals surface area contributed by atoms with Crippen molar-refractivity contribution >= 4 is 5.91 Å². The molecule has 3 nitrogen and oxygen atoms in total. The van der Waals surface area contributed by atoms with Crippen molar-refractivity contribution in [3.63, 3.8) is 0 Å². The van der Waals surface area contributed by atoms with Crippen LogP contribution in [0.3, 0.4) is 0 Å². The van der Waals surface area contributed by atoms with Crippen LogP contribution in [0.5, 0.6) is 0 Å². The molecule has 1 unspecified atom stereocenters. The highest BCUT2D eigenvalue weighted by molar-refractivity contribution is 5.84. The number of hydrogen-bond donors (Lipinski definition) is 1. The molecule has 5 aliphatic carbocycles. The van der Waals surface area contributed by atoms with Gasteiger partial charge < -0.3 is 10.2 Å². The van der Waals surface area contributed by atoms with Gasteiger partial charge in [-0.3, -0.25) is 4.79 Å². The highest BCUT2D eigenvalue weighted by Gasteiger charge is 2.59. The summed E-state index contributed by atoms with van der Waals surface area (Å²) in [5.41, 5.74) is 0.922. The van der Waals surface area contributed by atoms with Crippen molar-refractivity contribution < 1.29 is 4.79 Å². The molecule has 6 rings (SSSR count). The lowest BCUT2D eigenvalue weighted by Gasteiger charge is -2.55. The molecule has 0 aromatic heterocycles. The van der Waals surface area contributed by atoms with Crippen LogP contribution in [0.15, 0.2) is 0 Å². The highest BCUT2D eigenvalue weighted by Crippen LogP contribution is 2.61. The third-order valence-corrected chi connectivity index (χ3v) is 9.04. The van der Waals surface area contributed by atoms with E-state index in [1.165, 1.54) is 83.8 Å². The SMILES string of the molecule is CC(C)(C)CCN1CCC2(CC1)CC2NC(=O)C12CC3CC(CC(C3)C1)C2. The lowest BCUT2D eigenvalue weighted by atomic mass is 9.49. The van der Waals surface area contributed by atoms with Gasteiger partial charge in [0.2, 0.25) is 5.91 Å². The maximum absolute atomic E-state index is 13.3. The van der Waals surface area contributed by atoms with Gasteiger partial charge in [-0.2, -0.15) is 0 Å². The van der Waals surface area contributed by atoms with Crippen molar-refractivity contribution in [3.05, 3.63) is 0 Å². The Labute approximate surface area is 166 Å². The third-order valence-electron chi connectivity index (χ3n) is 9.04. The molecule has 0 aromatic rings. The fourth-order valence-electron chi connectivity index (χ4n) is 7.52. The molecule has 5 saturated carbocycles. The van der Waals surface area contributed by atoms with Crippen LogP contribution in [-0.4, -0.2) is 36.5 Å². The second-order valence-corrected chi connectivity index (χ2v) is 12.4. The Kier molecular flexibility index (Phi) is 4.25. The summed E-state index contributed by atoms with van der Waals surface area (Å²) in [4.78, 5) is 16.0. The molecule has 3 heteroatoms. The molecule has 1 spiro atoms. The van der Waals surface area contributed by atoms with Crippen LogP contribution < -0.4 is 5.32 Å². The summed E-state index contributed by atoms with van der Waals surface area (Å²) in [6.45, 7) is 10.7. The number of nitrogens with one attached hydrogen (secondary N) is 1. The monoisotopic (exact) mass is 372 g/mol. The minimum atomic E-state index is 0.0337. The number of carbonyl (C=O) groups is 1. The summed E-state index contributed by atoms with van der Waals surface area (Å²) in [5, 5.41) is 3.59. The van der Waals surface area contributed by atoms with Crippen molar-refractivity contribution in [1.82, 2.24) is 10.2 Å². The molecule has 1 aliphatic heterocycles. The van der Waals surface area contributed by atoms with Crippen LogP contribution >= 0.6 is 0 Å². The lowest BCUT2D eigenvalue weighted by molar-refractivity contribution is -0.146. The molecule has 1 N–H and O–H groups in total. The minimum Gasteiger partial charge on any atom is -0.352 e. The summed E-state index contributed by atoms with van der Waals surface area (Å²) in [6.07, 6.45) is 13.0. The number of carbonyl (C=O) groups excluding carboxylic acids is 1. The van der Waals surface area contributed by atoms with Crippen LogP contribution in [-0.2, 0) is 4.79 Å². The molecule has 152 valence electrons. The van der Waals surface area contributed by atoms with Crippen LogP contribution in [0.2, 0.25) is 0 Å². The first-order valence-electron chi connectivity index (χ1n) is 11.8. The molecule has 1 atom stereocenters. The van der Waals surface area contributed by atoms with Gasteiger partial charge in [-0.05, 0) is 112 Å². The van der Waals surface area contributed by atoms with Gasteiger partial charge in [-0.1, -0.05) is 20.8 Å². The first-order valence-corrected chi connectivity index (χ1v) is 11.8. The minimum absolute atomic E-state index is 0.0337. The van der Waals surface area contributed by atoms with Gasteiger partial charge in [-0.25, -0.2) is 0 Å². The maximum Gasteiger partial charge on any atom is 0.226 e. The average molecular weight is 373 g/mol. The molecule has 0 radical (unpaired) electrons. The van der Waals surface area contributed by atoms with Crippen molar-refractivity contribution in [2.24, 2.45) is 34.0 Å². The molecule has 4 bridgehead atoms. The van der Waals surface area contributed by atoms with E-state index in [4.69, 9.17) is 0 Å². The second kappa shape index (κ2) is 6.21. The van der Waals surface area contributed by atoms with E-state index in [0.717, 1.165) is 17.8 Å². The van der Waals surface area contributed by atoms with Crippen molar-refractivity contribution in [2.75, 3.05) is 19.6 Å². The van der Waals surface area contributed by atoms with E-state index in [0.29, 0.717) is 22.8 Å². The Morgan fingerprint density at radius 2 is 1.52 bits per heavy atom. The predicted octanol–water partition coefficient (Wildman–Crippen LogP) is 4.61. The van der Waals surface area contributed by atoms with Gasteiger partial charge in [0, 0.05) is 11.5 Å². The molecule has 1 amide bonds. The zero-order chi connectivity index (χ0) is 18.9. The van der Waals surface area contributed by atoms with E-state index < -0.39 is 0 Å². The van der Waals surface area contributed by atoms with Gasteiger partial charge in [0.15, 0.2) is 0 Å². The Balaban J connectivity index is 1.14. The third kappa shape index (κ3) is 3.47. The van der Waals surface area contributed by atoms with E-state index >= 15 is 0 Å². The zero-order valence-corrected chi connectivity index (χ0v) is 17.9. The van der Waals surface area contributed by atoms with Gasteiger partial charge in [-0.15, -0.1) is 0 Å². The quantitative estimate of drug-likeness (QED) is 0.781. The second-order valence-electron chi connectivity index (χ2n) is 12.4. The van der Waals surface area contributed by atoms with E-state index in [1.807, 2.05) is 0 Å².